The molecule has 1 nitrogen and oxygen atoms in total. The Bertz CT molecular complexity index is 755. The first-order valence-electron chi connectivity index (χ1n) is 8.63. The molecule has 0 radical (unpaired) electrons. The molecule has 0 amide bonds. The first-order chi connectivity index (χ1) is 11.0. The van der Waals surface area contributed by atoms with Crippen LogP contribution < -0.4 is 4.90 Å². The van der Waals surface area contributed by atoms with E-state index in [0.717, 1.165) is 6.42 Å². The second-order valence-corrected chi connectivity index (χ2v) is 6.85. The molecule has 0 saturated heterocycles. The SMILES string of the molecule is CCCc1ccc2c(c1)N(C)C(c1cc(C)cc(C)c1C)C=C2. The Morgan fingerprint density at radius 2 is 1.83 bits per heavy atom. The summed E-state index contributed by atoms with van der Waals surface area (Å²) in [6.07, 6.45) is 6.96. The molecule has 0 N–H and O–H groups in total. The van der Waals surface area contributed by atoms with Crippen LogP contribution in [0.15, 0.2) is 36.4 Å². The fourth-order valence-corrected chi connectivity index (χ4v) is 3.65. The zero-order valence-electron chi connectivity index (χ0n) is 15.0. The molecule has 2 aromatic rings. The van der Waals surface area contributed by atoms with E-state index in [0.29, 0.717) is 6.04 Å². The van der Waals surface area contributed by atoms with E-state index in [1.165, 1.54) is 45.5 Å². The van der Waals surface area contributed by atoms with Gasteiger partial charge in [0.2, 0.25) is 0 Å². The lowest BCUT2D eigenvalue weighted by Crippen LogP contribution is -2.26. The summed E-state index contributed by atoms with van der Waals surface area (Å²) in [5, 5.41) is 0. The Hall–Kier alpha value is -2.02. The van der Waals surface area contributed by atoms with Gasteiger partial charge in [0.15, 0.2) is 0 Å². The maximum Gasteiger partial charge on any atom is 0.0729 e. The van der Waals surface area contributed by atoms with Crippen LogP contribution in [0.5, 0.6) is 0 Å². The van der Waals surface area contributed by atoms with E-state index in [1.807, 2.05) is 0 Å². The van der Waals surface area contributed by atoms with Crippen LogP contribution in [0.3, 0.4) is 0 Å². The number of nitrogens with zero attached hydrogens (tertiary/aromatic N) is 1. The van der Waals surface area contributed by atoms with Crippen molar-refractivity contribution in [2.75, 3.05) is 11.9 Å². The number of likely N-dealkylation sites (N-methyl/N-ethyl adjacent to an activating group) is 1. The average molecular weight is 305 g/mol. The highest BCUT2D eigenvalue weighted by molar-refractivity contribution is 5.73. The minimum Gasteiger partial charge on any atom is -0.364 e. The monoisotopic (exact) mass is 305 g/mol. The molecule has 1 aliphatic rings. The molecule has 120 valence electrons. The molecule has 1 aliphatic heterocycles. The Morgan fingerprint density at radius 1 is 1.04 bits per heavy atom. The van der Waals surface area contributed by atoms with Crippen molar-refractivity contribution in [3.8, 4) is 0 Å². The van der Waals surface area contributed by atoms with E-state index >= 15 is 0 Å². The fourth-order valence-electron chi connectivity index (χ4n) is 3.65. The number of hydrogen-bond donors (Lipinski definition) is 0. The summed E-state index contributed by atoms with van der Waals surface area (Å²) in [4.78, 5) is 2.43. The molecule has 0 bridgehead atoms. The van der Waals surface area contributed by atoms with Crippen LogP contribution in [0.2, 0.25) is 0 Å². The quantitative estimate of drug-likeness (QED) is 0.696. The Balaban J connectivity index is 2.04. The summed E-state index contributed by atoms with van der Waals surface area (Å²) in [6, 6.07) is 11.8. The van der Waals surface area contributed by atoms with Crippen molar-refractivity contribution in [3.63, 3.8) is 0 Å². The van der Waals surface area contributed by atoms with E-state index in [4.69, 9.17) is 0 Å². The molecule has 23 heavy (non-hydrogen) atoms. The largest absolute Gasteiger partial charge is 0.364 e. The second kappa shape index (κ2) is 6.23. The predicted octanol–water partition coefficient (Wildman–Crippen LogP) is 5.77. The Kier molecular flexibility index (Phi) is 4.30. The van der Waals surface area contributed by atoms with Gasteiger partial charge in [-0.1, -0.05) is 55.3 Å². The number of anilines is 1. The summed E-state index contributed by atoms with van der Waals surface area (Å²) < 4.78 is 0. The van der Waals surface area contributed by atoms with Crippen molar-refractivity contribution in [2.45, 2.75) is 46.6 Å². The van der Waals surface area contributed by atoms with Crippen molar-refractivity contribution in [1.82, 2.24) is 0 Å². The lowest BCUT2D eigenvalue weighted by atomic mass is 9.91. The normalized spacial score (nSPS) is 16.6. The van der Waals surface area contributed by atoms with E-state index in [2.05, 4.69) is 82.1 Å². The first kappa shape index (κ1) is 15.9. The van der Waals surface area contributed by atoms with Gasteiger partial charge in [0.05, 0.1) is 6.04 Å². The lowest BCUT2D eigenvalue weighted by Gasteiger charge is -2.34. The molecule has 0 fully saturated rings. The maximum absolute atomic E-state index is 2.43. The summed E-state index contributed by atoms with van der Waals surface area (Å²) >= 11 is 0. The Labute approximate surface area is 140 Å². The third kappa shape index (κ3) is 2.93. The standard InChI is InChI=1S/C22H27N/c1-6-7-18-8-9-19-10-11-21(23(5)22(19)14-18)20-13-15(2)12-16(3)17(20)4/h8-14,21H,6-7H2,1-5H3. The van der Waals surface area contributed by atoms with Gasteiger partial charge in [0, 0.05) is 12.7 Å². The molecule has 3 rings (SSSR count). The lowest BCUT2D eigenvalue weighted by molar-refractivity contribution is 0.793. The van der Waals surface area contributed by atoms with E-state index in [-0.39, 0.29) is 0 Å². The van der Waals surface area contributed by atoms with Crippen LogP contribution in [-0.2, 0) is 6.42 Å². The molecular formula is C22H27N. The number of rotatable bonds is 3. The third-order valence-corrected chi connectivity index (χ3v) is 5.06. The third-order valence-electron chi connectivity index (χ3n) is 5.06. The molecule has 0 spiro atoms. The van der Waals surface area contributed by atoms with Gasteiger partial charge in [-0.2, -0.15) is 0 Å². The molecule has 1 unspecified atom stereocenters. The van der Waals surface area contributed by atoms with Gasteiger partial charge in [0.25, 0.3) is 0 Å². The van der Waals surface area contributed by atoms with Crippen molar-refractivity contribution in [1.29, 1.82) is 0 Å². The first-order valence-corrected chi connectivity index (χ1v) is 8.63. The van der Waals surface area contributed by atoms with Crippen molar-refractivity contribution >= 4 is 11.8 Å². The number of benzene rings is 2. The highest BCUT2D eigenvalue weighted by atomic mass is 15.1. The van der Waals surface area contributed by atoms with Crippen molar-refractivity contribution in [2.24, 2.45) is 0 Å². The van der Waals surface area contributed by atoms with Crippen molar-refractivity contribution < 1.29 is 0 Å². The smallest absolute Gasteiger partial charge is 0.0729 e. The van der Waals surface area contributed by atoms with Crippen LogP contribution >= 0.6 is 0 Å². The molecule has 1 heteroatoms. The van der Waals surface area contributed by atoms with Gasteiger partial charge in [-0.3, -0.25) is 0 Å². The number of hydrogen-bond acceptors (Lipinski definition) is 1. The summed E-state index contributed by atoms with van der Waals surface area (Å²) in [7, 11) is 2.22. The summed E-state index contributed by atoms with van der Waals surface area (Å²) in [5.74, 6) is 0. The predicted molar refractivity (Wildman–Crippen MR) is 101 cm³/mol. The molecule has 2 aromatic carbocycles. The van der Waals surface area contributed by atoms with Gasteiger partial charge in [-0.25, -0.2) is 0 Å². The van der Waals surface area contributed by atoms with Crippen LogP contribution in [-0.4, -0.2) is 7.05 Å². The van der Waals surface area contributed by atoms with Gasteiger partial charge in [-0.05, 0) is 61.1 Å². The number of fused-ring (bicyclic) bond motifs is 1. The van der Waals surface area contributed by atoms with E-state index < -0.39 is 0 Å². The van der Waals surface area contributed by atoms with Gasteiger partial charge >= 0.3 is 0 Å². The molecule has 0 saturated carbocycles. The molecule has 1 heterocycles. The van der Waals surface area contributed by atoms with Crippen LogP contribution in [0, 0.1) is 20.8 Å². The minimum absolute atomic E-state index is 0.318. The summed E-state index contributed by atoms with van der Waals surface area (Å²) in [5.41, 5.74) is 9.66. The molecular weight excluding hydrogens is 278 g/mol. The average Bonchev–Trinajstić information content (AvgIpc) is 2.52. The van der Waals surface area contributed by atoms with Crippen LogP contribution in [0.25, 0.3) is 6.08 Å². The van der Waals surface area contributed by atoms with Gasteiger partial charge in [-0.15, -0.1) is 0 Å². The minimum atomic E-state index is 0.318. The van der Waals surface area contributed by atoms with Crippen molar-refractivity contribution in [3.05, 3.63) is 69.8 Å². The topological polar surface area (TPSA) is 3.24 Å². The fraction of sp³-hybridized carbons (Fsp3) is 0.364. The van der Waals surface area contributed by atoms with Crippen LogP contribution in [0.4, 0.5) is 5.69 Å². The van der Waals surface area contributed by atoms with E-state index in [9.17, 15) is 0 Å². The highest BCUT2D eigenvalue weighted by Gasteiger charge is 2.23. The maximum atomic E-state index is 2.43. The summed E-state index contributed by atoms with van der Waals surface area (Å²) in [6.45, 7) is 8.89. The van der Waals surface area contributed by atoms with Crippen LogP contribution in [0.1, 0.15) is 52.8 Å². The zero-order valence-corrected chi connectivity index (χ0v) is 15.0. The van der Waals surface area contributed by atoms with Gasteiger partial charge < -0.3 is 4.90 Å². The Morgan fingerprint density at radius 3 is 2.57 bits per heavy atom. The van der Waals surface area contributed by atoms with Gasteiger partial charge in [0.1, 0.15) is 0 Å². The zero-order chi connectivity index (χ0) is 16.6. The highest BCUT2D eigenvalue weighted by Crippen LogP contribution is 2.37. The number of aryl methyl sites for hydroxylation is 3. The van der Waals surface area contributed by atoms with E-state index in [1.54, 1.807) is 0 Å². The molecule has 0 aromatic heterocycles. The molecule has 1 atom stereocenters. The second-order valence-electron chi connectivity index (χ2n) is 6.85. The molecule has 0 aliphatic carbocycles.